The first-order chi connectivity index (χ1) is 9.19. The van der Waals surface area contributed by atoms with Gasteiger partial charge in [-0.1, -0.05) is 22.0 Å². The molecule has 0 saturated carbocycles. The second kappa shape index (κ2) is 6.80. The van der Waals surface area contributed by atoms with Crippen molar-refractivity contribution in [3.05, 3.63) is 28.7 Å². The van der Waals surface area contributed by atoms with Crippen LogP contribution in [0.1, 0.15) is 19.8 Å². The van der Waals surface area contributed by atoms with E-state index in [2.05, 4.69) is 33.4 Å². The highest BCUT2D eigenvalue weighted by Gasteiger charge is 2.23. The molecule has 0 unspecified atom stereocenters. The molecule has 1 N–H and O–H groups in total. The number of hydrogen-bond donors (Lipinski definition) is 1. The van der Waals surface area contributed by atoms with Gasteiger partial charge >= 0.3 is 6.09 Å². The third-order valence-corrected chi connectivity index (χ3v) is 3.71. The van der Waals surface area contributed by atoms with E-state index in [0.717, 1.165) is 36.1 Å². The predicted molar refractivity (Wildman–Crippen MR) is 79.4 cm³/mol. The molecule has 1 aliphatic heterocycles. The largest absolute Gasteiger partial charge is 0.450 e. The number of likely N-dealkylation sites (tertiary alicyclic amines) is 1. The Morgan fingerprint density at radius 1 is 1.47 bits per heavy atom. The number of benzene rings is 1. The standard InChI is InChI=1S/C14H19BrN2O2/c1-2-19-14(18)17-8-6-12(7-9-17)16-13-5-3-4-11(15)10-13/h3-5,10,12,16H,2,6-9H2,1H3. The first kappa shape index (κ1) is 14.2. The monoisotopic (exact) mass is 326 g/mol. The van der Waals surface area contributed by atoms with E-state index in [-0.39, 0.29) is 6.09 Å². The molecule has 1 aromatic carbocycles. The fourth-order valence-corrected chi connectivity index (χ4v) is 2.63. The number of piperidine rings is 1. The van der Waals surface area contributed by atoms with Crippen molar-refractivity contribution in [3.8, 4) is 0 Å². The highest BCUT2D eigenvalue weighted by atomic mass is 79.9. The molecule has 0 bridgehead atoms. The van der Waals surface area contributed by atoms with Crippen LogP contribution in [0.15, 0.2) is 28.7 Å². The quantitative estimate of drug-likeness (QED) is 0.924. The minimum absolute atomic E-state index is 0.191. The summed E-state index contributed by atoms with van der Waals surface area (Å²) in [5.74, 6) is 0. The zero-order valence-corrected chi connectivity index (χ0v) is 12.6. The van der Waals surface area contributed by atoms with E-state index in [4.69, 9.17) is 4.74 Å². The smallest absolute Gasteiger partial charge is 0.409 e. The van der Waals surface area contributed by atoms with Crippen LogP contribution in [0, 0.1) is 0 Å². The number of nitrogens with one attached hydrogen (secondary N) is 1. The van der Waals surface area contributed by atoms with Crippen LogP contribution < -0.4 is 5.32 Å². The molecule has 4 nitrogen and oxygen atoms in total. The maximum absolute atomic E-state index is 11.6. The molecule has 104 valence electrons. The molecule has 2 rings (SSSR count). The highest BCUT2D eigenvalue weighted by Crippen LogP contribution is 2.20. The molecule has 1 fully saturated rings. The van der Waals surface area contributed by atoms with Crippen molar-refractivity contribution in [2.45, 2.75) is 25.8 Å². The summed E-state index contributed by atoms with van der Waals surface area (Å²) in [6.45, 7) is 3.78. The Labute approximate surface area is 122 Å². The normalized spacial score (nSPS) is 16.2. The number of carbonyl (C=O) groups excluding carboxylic acids is 1. The lowest BCUT2D eigenvalue weighted by atomic mass is 10.1. The first-order valence-electron chi connectivity index (χ1n) is 6.63. The molecule has 19 heavy (non-hydrogen) atoms. The molecule has 0 spiro atoms. The number of nitrogens with zero attached hydrogens (tertiary/aromatic N) is 1. The minimum atomic E-state index is -0.191. The van der Waals surface area contributed by atoms with E-state index in [1.54, 1.807) is 4.90 Å². The highest BCUT2D eigenvalue weighted by molar-refractivity contribution is 9.10. The lowest BCUT2D eigenvalue weighted by Crippen LogP contribution is -2.42. The molecule has 0 radical (unpaired) electrons. The summed E-state index contributed by atoms with van der Waals surface area (Å²) in [7, 11) is 0. The minimum Gasteiger partial charge on any atom is -0.450 e. The predicted octanol–water partition coefficient (Wildman–Crippen LogP) is 3.48. The van der Waals surface area contributed by atoms with Crippen LogP contribution in [0.5, 0.6) is 0 Å². The number of carbonyl (C=O) groups is 1. The number of hydrogen-bond acceptors (Lipinski definition) is 3. The molecule has 1 aliphatic rings. The zero-order valence-electron chi connectivity index (χ0n) is 11.1. The van der Waals surface area contributed by atoms with Gasteiger partial charge in [-0.3, -0.25) is 0 Å². The summed E-state index contributed by atoms with van der Waals surface area (Å²) >= 11 is 3.46. The third kappa shape index (κ3) is 4.13. The summed E-state index contributed by atoms with van der Waals surface area (Å²) in [6, 6.07) is 8.56. The Bertz CT molecular complexity index is 431. The molecule has 0 aliphatic carbocycles. The summed E-state index contributed by atoms with van der Waals surface area (Å²) in [5.41, 5.74) is 1.11. The summed E-state index contributed by atoms with van der Waals surface area (Å²) < 4.78 is 6.08. The number of halogens is 1. The van der Waals surface area contributed by atoms with E-state index in [1.807, 2.05) is 19.1 Å². The van der Waals surface area contributed by atoms with Gasteiger partial charge < -0.3 is 15.0 Å². The van der Waals surface area contributed by atoms with Gasteiger partial charge in [0.05, 0.1) is 6.61 Å². The van der Waals surface area contributed by atoms with E-state index in [0.29, 0.717) is 12.6 Å². The van der Waals surface area contributed by atoms with Crippen molar-refractivity contribution in [2.24, 2.45) is 0 Å². The summed E-state index contributed by atoms with van der Waals surface area (Å²) in [5, 5.41) is 3.50. The zero-order chi connectivity index (χ0) is 13.7. The number of anilines is 1. The van der Waals surface area contributed by atoms with Gasteiger partial charge in [-0.05, 0) is 38.0 Å². The maximum Gasteiger partial charge on any atom is 0.409 e. The third-order valence-electron chi connectivity index (χ3n) is 3.22. The molecule has 0 aromatic heterocycles. The average Bonchev–Trinajstić information content (AvgIpc) is 2.40. The second-order valence-corrected chi connectivity index (χ2v) is 5.53. The van der Waals surface area contributed by atoms with Gasteiger partial charge in [0.2, 0.25) is 0 Å². The van der Waals surface area contributed by atoms with Crippen LogP contribution in [0.2, 0.25) is 0 Å². The lowest BCUT2D eigenvalue weighted by Gasteiger charge is -2.32. The van der Waals surface area contributed by atoms with Crippen LogP contribution in [-0.2, 0) is 4.74 Å². The van der Waals surface area contributed by atoms with Gasteiger partial charge in [0, 0.05) is 29.3 Å². The summed E-state index contributed by atoms with van der Waals surface area (Å²) in [4.78, 5) is 13.4. The topological polar surface area (TPSA) is 41.6 Å². The van der Waals surface area contributed by atoms with Gasteiger partial charge in [0.25, 0.3) is 0 Å². The molecule has 5 heteroatoms. The number of amides is 1. The van der Waals surface area contributed by atoms with Crippen LogP contribution in [0.4, 0.5) is 10.5 Å². The van der Waals surface area contributed by atoms with E-state index in [1.165, 1.54) is 0 Å². The van der Waals surface area contributed by atoms with Crippen LogP contribution >= 0.6 is 15.9 Å². The first-order valence-corrected chi connectivity index (χ1v) is 7.42. The Morgan fingerprint density at radius 2 is 2.21 bits per heavy atom. The van der Waals surface area contributed by atoms with E-state index in [9.17, 15) is 4.79 Å². The molecular weight excluding hydrogens is 308 g/mol. The van der Waals surface area contributed by atoms with Crippen molar-refractivity contribution >= 4 is 27.7 Å². The number of rotatable bonds is 3. The SMILES string of the molecule is CCOC(=O)N1CCC(Nc2cccc(Br)c2)CC1. The average molecular weight is 327 g/mol. The Balaban J connectivity index is 1.82. The molecule has 1 amide bonds. The van der Waals surface area contributed by atoms with Crippen molar-refractivity contribution in [1.82, 2.24) is 4.90 Å². The Kier molecular flexibility index (Phi) is 5.07. The Morgan fingerprint density at radius 3 is 2.84 bits per heavy atom. The van der Waals surface area contributed by atoms with Gasteiger partial charge in [0.15, 0.2) is 0 Å². The van der Waals surface area contributed by atoms with Crippen LogP contribution in [0.3, 0.4) is 0 Å². The van der Waals surface area contributed by atoms with Crippen molar-refractivity contribution in [1.29, 1.82) is 0 Å². The van der Waals surface area contributed by atoms with Gasteiger partial charge in [0.1, 0.15) is 0 Å². The van der Waals surface area contributed by atoms with Crippen molar-refractivity contribution in [2.75, 3.05) is 25.0 Å². The summed E-state index contributed by atoms with van der Waals surface area (Å²) in [6.07, 6.45) is 1.71. The van der Waals surface area contributed by atoms with Crippen LogP contribution in [0.25, 0.3) is 0 Å². The molecular formula is C14H19BrN2O2. The maximum atomic E-state index is 11.6. The van der Waals surface area contributed by atoms with Crippen LogP contribution in [-0.4, -0.2) is 36.7 Å². The van der Waals surface area contributed by atoms with E-state index >= 15 is 0 Å². The fraction of sp³-hybridized carbons (Fsp3) is 0.500. The fourth-order valence-electron chi connectivity index (χ4n) is 2.24. The molecule has 1 heterocycles. The molecule has 1 aromatic rings. The van der Waals surface area contributed by atoms with Crippen molar-refractivity contribution < 1.29 is 9.53 Å². The van der Waals surface area contributed by atoms with Gasteiger partial charge in [-0.25, -0.2) is 4.79 Å². The van der Waals surface area contributed by atoms with Crippen molar-refractivity contribution in [3.63, 3.8) is 0 Å². The Hall–Kier alpha value is -1.23. The molecule has 0 atom stereocenters. The lowest BCUT2D eigenvalue weighted by molar-refractivity contribution is 0.0983. The molecule has 1 saturated heterocycles. The van der Waals surface area contributed by atoms with Gasteiger partial charge in [-0.15, -0.1) is 0 Å². The van der Waals surface area contributed by atoms with Gasteiger partial charge in [-0.2, -0.15) is 0 Å². The number of ether oxygens (including phenoxy) is 1. The van der Waals surface area contributed by atoms with E-state index < -0.39 is 0 Å². The second-order valence-electron chi connectivity index (χ2n) is 4.61.